The van der Waals surface area contributed by atoms with Gasteiger partial charge in [0, 0.05) is 0 Å². The van der Waals surface area contributed by atoms with E-state index >= 15 is 0 Å². The molecule has 0 heterocycles. The summed E-state index contributed by atoms with van der Waals surface area (Å²) in [5, 5.41) is 2.82. The van der Waals surface area contributed by atoms with E-state index in [0.29, 0.717) is 0 Å². The molecule has 66 valence electrons. The Balaban J connectivity index is 4.36. The Labute approximate surface area is 88.3 Å². The molecule has 0 aliphatic heterocycles. The molecule has 0 rings (SSSR count). The summed E-state index contributed by atoms with van der Waals surface area (Å²) in [6, 6.07) is -0.143. The van der Waals surface area contributed by atoms with Gasteiger partial charge in [0.15, 0.2) is 0 Å². The zero-order valence-corrected chi connectivity index (χ0v) is 9.83. The highest BCUT2D eigenvalue weighted by molar-refractivity contribution is 8.90. The second kappa shape index (κ2) is 6.71. The zero-order valence-electron chi connectivity index (χ0n) is 6.48. The van der Waals surface area contributed by atoms with Crippen LogP contribution in [0.4, 0.5) is 0 Å². The Hall–Kier alpha value is 0.220. The van der Waals surface area contributed by atoms with E-state index in [0.717, 1.165) is 0 Å². The van der Waals surface area contributed by atoms with Crippen molar-refractivity contribution >= 4 is 40.2 Å². The first-order valence-corrected chi connectivity index (χ1v) is 7.91. The highest BCUT2D eigenvalue weighted by Crippen LogP contribution is 2.14. The lowest BCUT2D eigenvalue weighted by Crippen LogP contribution is -2.33. The van der Waals surface area contributed by atoms with Crippen LogP contribution in [0.1, 0.15) is 0 Å². The molecule has 2 atom stereocenters. The Morgan fingerprint density at radius 1 is 1.42 bits per heavy atom. The van der Waals surface area contributed by atoms with Crippen molar-refractivity contribution in [2.24, 2.45) is 0 Å². The van der Waals surface area contributed by atoms with Crippen LogP contribution in [0.15, 0.2) is 0 Å². The molecule has 0 radical (unpaired) electrons. The number of terminal acetylenes is 2. The van der Waals surface area contributed by atoms with E-state index in [2.05, 4.69) is 17.2 Å². The molecule has 0 bridgehead atoms. The van der Waals surface area contributed by atoms with E-state index in [4.69, 9.17) is 35.2 Å². The fraction of sp³-hybridized carbons (Fsp3) is 0.429. The molecule has 0 aliphatic carbocycles. The van der Waals surface area contributed by atoms with Gasteiger partial charge in [0.25, 0.3) is 0 Å². The van der Waals surface area contributed by atoms with Crippen LogP contribution in [0.2, 0.25) is 0 Å². The summed E-state index contributed by atoms with van der Waals surface area (Å²) in [4.78, 5) is 0. The summed E-state index contributed by atoms with van der Waals surface area (Å²) in [6.07, 6.45) is 10.5. The number of hydrogen-bond acceptors (Lipinski definition) is 4. The molecule has 0 aromatic carbocycles. The van der Waals surface area contributed by atoms with Gasteiger partial charge in [-0.05, 0) is 36.5 Å². The van der Waals surface area contributed by atoms with Crippen molar-refractivity contribution in [3.05, 3.63) is 0 Å². The predicted molar refractivity (Wildman–Crippen MR) is 65.4 cm³/mol. The normalized spacial score (nSPS) is 14.7. The van der Waals surface area contributed by atoms with Gasteiger partial charge in [0.05, 0.1) is 6.04 Å². The zero-order chi connectivity index (χ0) is 9.56. The molecule has 1 N–H and O–H groups in total. The highest BCUT2D eigenvalue weighted by Gasteiger charge is 2.14. The maximum absolute atomic E-state index is 5.28. The van der Waals surface area contributed by atoms with E-state index in [9.17, 15) is 0 Å². The second-order valence-electron chi connectivity index (χ2n) is 1.85. The topological polar surface area (TPSA) is 12.0 Å². The first-order valence-electron chi connectivity index (χ1n) is 3.06. The lowest BCUT2D eigenvalue weighted by atomic mass is 10.2. The number of nitrogens with one attached hydrogen (secondary N) is 1. The number of rotatable bonds is 4. The SMILES string of the molecule is C#CC(NC)C(C#C)S[SH](=S)=S. The molecule has 0 spiro atoms. The largest absolute Gasteiger partial charge is 0.305 e. The average molecular weight is 235 g/mol. The minimum atomic E-state index is -0.884. The molecule has 0 aromatic rings. The molecule has 0 aliphatic rings. The minimum absolute atomic E-state index is 0.110. The molecular weight excluding hydrogens is 226 g/mol. The van der Waals surface area contributed by atoms with Gasteiger partial charge < -0.3 is 5.32 Å². The van der Waals surface area contributed by atoms with E-state index in [-0.39, 0.29) is 11.3 Å². The van der Waals surface area contributed by atoms with Gasteiger partial charge in [-0.2, -0.15) is 0 Å². The second-order valence-corrected chi connectivity index (χ2v) is 9.01. The van der Waals surface area contributed by atoms with Crippen molar-refractivity contribution in [2.45, 2.75) is 11.3 Å². The summed E-state index contributed by atoms with van der Waals surface area (Å²) in [5.41, 5.74) is 0. The van der Waals surface area contributed by atoms with Gasteiger partial charge >= 0.3 is 0 Å². The lowest BCUT2D eigenvalue weighted by molar-refractivity contribution is 0.718. The van der Waals surface area contributed by atoms with Crippen molar-refractivity contribution in [2.75, 3.05) is 7.05 Å². The summed E-state index contributed by atoms with van der Waals surface area (Å²) in [7, 11) is 2.29. The van der Waals surface area contributed by atoms with E-state index < -0.39 is 7.05 Å². The average Bonchev–Trinajstić information content (AvgIpc) is 2.04. The summed E-state index contributed by atoms with van der Waals surface area (Å²) in [6.45, 7) is 0. The van der Waals surface area contributed by atoms with Crippen LogP contribution in [-0.4, -0.2) is 18.3 Å². The standard InChI is InChI=1S/C7H9NS4/c1-4-6(8-3)7(5-2)11-12(9)10/h1-2,6-8,12H,3H3. The van der Waals surface area contributed by atoms with Crippen molar-refractivity contribution in [3.63, 3.8) is 0 Å². The minimum Gasteiger partial charge on any atom is -0.305 e. The molecule has 12 heavy (non-hydrogen) atoms. The summed E-state index contributed by atoms with van der Waals surface area (Å²) < 4.78 is 0. The van der Waals surface area contributed by atoms with Crippen LogP contribution >= 0.6 is 10.8 Å². The first-order chi connectivity index (χ1) is 5.65. The van der Waals surface area contributed by atoms with Crippen molar-refractivity contribution in [1.29, 1.82) is 0 Å². The Morgan fingerprint density at radius 3 is 2.25 bits per heavy atom. The smallest absolute Gasteiger partial charge is 0.103 e. The van der Waals surface area contributed by atoms with Gasteiger partial charge in [-0.15, -0.1) is 12.8 Å². The third-order valence-corrected chi connectivity index (χ3v) is 4.71. The molecule has 0 saturated carbocycles. The summed E-state index contributed by atoms with van der Waals surface area (Å²) in [5.74, 6) is 5.13. The van der Waals surface area contributed by atoms with Gasteiger partial charge in [-0.25, -0.2) is 0 Å². The van der Waals surface area contributed by atoms with Gasteiger partial charge in [-0.1, -0.05) is 22.6 Å². The maximum Gasteiger partial charge on any atom is 0.103 e. The van der Waals surface area contributed by atoms with Crippen LogP contribution in [0.3, 0.4) is 0 Å². The molecule has 2 unspecified atom stereocenters. The van der Waals surface area contributed by atoms with Crippen molar-refractivity contribution in [3.8, 4) is 24.7 Å². The molecular formula is C7H9NS4. The Morgan fingerprint density at radius 2 is 2.00 bits per heavy atom. The Kier molecular flexibility index (Phi) is 6.83. The number of hydrogen-bond donors (Lipinski definition) is 2. The monoisotopic (exact) mass is 235 g/mol. The van der Waals surface area contributed by atoms with E-state index in [1.54, 1.807) is 7.05 Å². The van der Waals surface area contributed by atoms with Crippen LogP contribution in [0.25, 0.3) is 0 Å². The van der Waals surface area contributed by atoms with E-state index in [1.807, 2.05) is 0 Å². The van der Waals surface area contributed by atoms with Crippen molar-refractivity contribution < 1.29 is 0 Å². The molecule has 0 amide bonds. The molecule has 0 aromatic heterocycles. The quantitative estimate of drug-likeness (QED) is 0.408. The summed E-state index contributed by atoms with van der Waals surface area (Å²) >= 11 is 9.77. The molecule has 5 heteroatoms. The maximum atomic E-state index is 5.28. The Bertz CT molecular complexity index is 273. The lowest BCUT2D eigenvalue weighted by Gasteiger charge is -2.14. The number of thiol groups is 1. The first kappa shape index (κ1) is 12.2. The highest BCUT2D eigenvalue weighted by atomic mass is 33.5. The van der Waals surface area contributed by atoms with Gasteiger partial charge in [-0.3, -0.25) is 0 Å². The van der Waals surface area contributed by atoms with E-state index in [1.165, 1.54) is 10.8 Å². The predicted octanol–water partition coefficient (Wildman–Crippen LogP) is 0.132. The third kappa shape index (κ3) is 4.30. The van der Waals surface area contributed by atoms with Crippen molar-refractivity contribution in [1.82, 2.24) is 5.32 Å². The van der Waals surface area contributed by atoms with Crippen LogP contribution in [-0.2, 0) is 29.4 Å². The van der Waals surface area contributed by atoms with Crippen LogP contribution in [0.5, 0.6) is 0 Å². The fourth-order valence-corrected chi connectivity index (χ4v) is 3.96. The van der Waals surface area contributed by atoms with Crippen LogP contribution < -0.4 is 5.32 Å². The van der Waals surface area contributed by atoms with Crippen LogP contribution in [0, 0.1) is 24.7 Å². The third-order valence-electron chi connectivity index (χ3n) is 1.16. The molecule has 0 fully saturated rings. The van der Waals surface area contributed by atoms with Gasteiger partial charge in [0.1, 0.15) is 5.25 Å². The molecule has 1 nitrogen and oxygen atoms in total. The molecule has 0 saturated heterocycles. The van der Waals surface area contributed by atoms with Gasteiger partial charge in [0.2, 0.25) is 0 Å². The fourth-order valence-electron chi connectivity index (χ4n) is 0.602.